The Morgan fingerprint density at radius 1 is 1.30 bits per heavy atom. The zero-order valence-corrected chi connectivity index (χ0v) is 21.3. The molecule has 1 unspecified atom stereocenters. The highest BCUT2D eigenvalue weighted by Gasteiger charge is 2.46. The smallest absolute Gasteiger partial charge is 0.343 e. The lowest BCUT2D eigenvalue weighted by Crippen LogP contribution is -2.44. The molecular weight excluding hydrogens is 497 g/mol. The van der Waals surface area contributed by atoms with Gasteiger partial charge in [0.15, 0.2) is 5.60 Å². The van der Waals surface area contributed by atoms with Crippen LogP contribution in [0.25, 0.3) is 22.3 Å². The second-order valence-electron chi connectivity index (χ2n) is 10.4. The summed E-state index contributed by atoms with van der Waals surface area (Å²) in [6, 6.07) is 3.13. The number of β-amino-alcohol motifs (C(OH)–C–C–N with tert-alkyl or cyclic N) is 1. The Morgan fingerprint density at radius 2 is 2.11 bits per heavy atom. The number of aromatic nitrogens is 2. The number of aliphatic hydroxyl groups is 2. The summed E-state index contributed by atoms with van der Waals surface area (Å²) in [5.41, 5.74) is 2.44. The zero-order chi connectivity index (χ0) is 25.8. The average molecular weight is 524 g/mol. The normalized spacial score (nSPS) is 26.2. The number of nitrogens with zero attached hydrogens (tertiary/aromatic N) is 3. The van der Waals surface area contributed by atoms with Gasteiger partial charge in [-0.3, -0.25) is 9.69 Å². The minimum Gasteiger partial charge on any atom is -0.458 e. The van der Waals surface area contributed by atoms with Crippen LogP contribution in [0.1, 0.15) is 53.6 Å². The third kappa shape index (κ3) is 3.04. The van der Waals surface area contributed by atoms with Crippen molar-refractivity contribution in [3.8, 4) is 11.4 Å². The maximum Gasteiger partial charge on any atom is 0.343 e. The molecule has 2 N–H and O–H groups in total. The topological polar surface area (TPSA) is 105 Å². The summed E-state index contributed by atoms with van der Waals surface area (Å²) in [5, 5.41) is 22.4. The van der Waals surface area contributed by atoms with Crippen molar-refractivity contribution in [2.75, 3.05) is 18.8 Å². The Bertz CT molecular complexity index is 1600. The summed E-state index contributed by atoms with van der Waals surface area (Å²) in [6.07, 6.45) is 0.376. The van der Waals surface area contributed by atoms with Gasteiger partial charge in [0.25, 0.3) is 5.56 Å². The van der Waals surface area contributed by atoms with Crippen LogP contribution in [-0.4, -0.2) is 55.6 Å². The number of rotatable bonds is 2. The predicted octanol–water partition coefficient (Wildman–Crippen LogP) is 2.74. The van der Waals surface area contributed by atoms with E-state index < -0.39 is 11.6 Å². The molecule has 0 aliphatic carbocycles. The number of hydrogen-bond donors (Lipinski definition) is 2. The highest BCUT2D eigenvalue weighted by Crippen LogP contribution is 2.50. The Labute approximate surface area is 216 Å². The number of fused-ring (bicyclic) bond motifs is 5. The first kappa shape index (κ1) is 23.3. The van der Waals surface area contributed by atoms with E-state index in [-0.39, 0.29) is 47.7 Å². The number of carbonyl (C=O) groups excluding carboxylic acids is 1. The molecule has 10 heteroatoms. The van der Waals surface area contributed by atoms with E-state index in [2.05, 4.69) is 4.90 Å². The summed E-state index contributed by atoms with van der Waals surface area (Å²) in [7, 11) is 0. The van der Waals surface area contributed by atoms with Gasteiger partial charge in [-0.25, -0.2) is 14.2 Å². The van der Waals surface area contributed by atoms with Crippen LogP contribution in [0.2, 0.25) is 0 Å². The molecule has 3 aromatic rings. The molecule has 0 amide bonds. The SMILES string of the molecule is CC[C@@]1(O)C(=O)OCc2c1cc1n(c2=O)Cc2c-1nc1cc(F)c(C)c3c1c2C(N1CC[C@H](O)C1)CS3. The van der Waals surface area contributed by atoms with Crippen LogP contribution in [0.4, 0.5) is 4.39 Å². The van der Waals surface area contributed by atoms with Crippen LogP contribution in [0.15, 0.2) is 21.8 Å². The van der Waals surface area contributed by atoms with E-state index in [1.807, 2.05) is 0 Å². The van der Waals surface area contributed by atoms with Crippen LogP contribution in [-0.2, 0) is 28.3 Å². The van der Waals surface area contributed by atoms with Crippen LogP contribution in [0.3, 0.4) is 0 Å². The molecule has 1 aromatic carbocycles. The van der Waals surface area contributed by atoms with Crippen molar-refractivity contribution in [3.05, 3.63) is 56.1 Å². The van der Waals surface area contributed by atoms with E-state index in [1.54, 1.807) is 36.2 Å². The van der Waals surface area contributed by atoms with Gasteiger partial charge in [-0.05, 0) is 37.0 Å². The number of cyclic esters (lactones) is 1. The quantitative estimate of drug-likeness (QED) is 0.387. The van der Waals surface area contributed by atoms with Gasteiger partial charge in [0.1, 0.15) is 12.4 Å². The third-order valence-corrected chi connectivity index (χ3v) is 9.80. The Kier molecular flexibility index (Phi) is 4.96. The lowest BCUT2D eigenvalue weighted by atomic mass is 9.86. The molecule has 0 radical (unpaired) electrons. The van der Waals surface area contributed by atoms with E-state index in [1.165, 1.54) is 6.07 Å². The van der Waals surface area contributed by atoms with Gasteiger partial charge in [0, 0.05) is 52.4 Å². The number of ether oxygens (including phenoxy) is 1. The van der Waals surface area contributed by atoms with E-state index in [0.29, 0.717) is 47.7 Å². The molecule has 37 heavy (non-hydrogen) atoms. The Hall–Kier alpha value is -2.79. The molecule has 7 rings (SSSR count). The van der Waals surface area contributed by atoms with Gasteiger partial charge in [-0.2, -0.15) is 0 Å². The van der Waals surface area contributed by atoms with Gasteiger partial charge < -0.3 is 19.5 Å². The first-order valence-electron chi connectivity index (χ1n) is 12.6. The second-order valence-corrected chi connectivity index (χ2v) is 11.5. The highest BCUT2D eigenvalue weighted by molar-refractivity contribution is 7.99. The van der Waals surface area contributed by atoms with Gasteiger partial charge in [-0.1, -0.05) is 6.92 Å². The molecule has 8 nitrogen and oxygen atoms in total. The number of thioether (sulfide) groups is 1. The van der Waals surface area contributed by atoms with E-state index in [0.717, 1.165) is 28.0 Å². The molecule has 2 aromatic heterocycles. The minimum atomic E-state index is -1.91. The molecule has 4 aliphatic heterocycles. The zero-order valence-electron chi connectivity index (χ0n) is 20.5. The molecule has 192 valence electrons. The number of pyridine rings is 2. The number of halogens is 1. The van der Waals surface area contributed by atoms with Crippen LogP contribution >= 0.6 is 11.8 Å². The van der Waals surface area contributed by atoms with Crippen molar-refractivity contribution >= 4 is 28.6 Å². The Morgan fingerprint density at radius 3 is 2.84 bits per heavy atom. The predicted molar refractivity (Wildman–Crippen MR) is 135 cm³/mol. The van der Waals surface area contributed by atoms with Crippen molar-refractivity contribution in [2.24, 2.45) is 0 Å². The Balaban J connectivity index is 1.52. The molecule has 3 atom stereocenters. The van der Waals surface area contributed by atoms with Gasteiger partial charge in [0.05, 0.1) is 35.1 Å². The van der Waals surface area contributed by atoms with Gasteiger partial charge in [-0.15, -0.1) is 11.8 Å². The summed E-state index contributed by atoms with van der Waals surface area (Å²) in [4.78, 5) is 34.2. The maximum absolute atomic E-state index is 15.0. The summed E-state index contributed by atoms with van der Waals surface area (Å²) in [5.74, 6) is -0.388. The first-order valence-corrected chi connectivity index (χ1v) is 13.6. The van der Waals surface area contributed by atoms with E-state index in [9.17, 15) is 24.2 Å². The molecule has 1 fully saturated rings. The fourth-order valence-corrected chi connectivity index (χ4v) is 7.82. The number of aliphatic hydroxyl groups excluding tert-OH is 1. The summed E-state index contributed by atoms with van der Waals surface area (Å²) >= 11 is 1.62. The van der Waals surface area contributed by atoms with Crippen LogP contribution in [0.5, 0.6) is 0 Å². The molecule has 1 saturated heterocycles. The largest absolute Gasteiger partial charge is 0.458 e. The van der Waals surface area contributed by atoms with Crippen molar-refractivity contribution in [3.63, 3.8) is 0 Å². The number of likely N-dealkylation sites (tertiary alicyclic amines) is 1. The van der Waals surface area contributed by atoms with Crippen molar-refractivity contribution in [1.29, 1.82) is 0 Å². The van der Waals surface area contributed by atoms with E-state index in [4.69, 9.17) is 9.72 Å². The van der Waals surface area contributed by atoms with Crippen molar-refractivity contribution in [2.45, 2.75) is 62.5 Å². The third-order valence-electron chi connectivity index (χ3n) is 8.51. The average Bonchev–Trinajstić information content (AvgIpc) is 3.48. The molecule has 4 aliphatic rings. The molecular formula is C27H26FN3O5S. The van der Waals surface area contributed by atoms with Crippen LogP contribution < -0.4 is 5.56 Å². The lowest BCUT2D eigenvalue weighted by Gasteiger charge is -2.34. The second kappa shape index (κ2) is 7.86. The standard InChI is InChI=1S/C27H26FN3O5S/c1-3-27(35)16-6-19-23-14(9-31(19)25(33)15(16)10-36-26(27)34)21-20(30-5-4-13(32)8-30)11-37-24-12(2)17(28)7-18(29-23)22(21)24/h6-7,13,20,32,35H,3-5,8-11H2,1-2H3/t13-,20?,27-/m0/s1. The fourth-order valence-electron chi connectivity index (χ4n) is 6.44. The maximum atomic E-state index is 15.0. The number of benzene rings is 1. The first-order chi connectivity index (χ1) is 17.7. The van der Waals surface area contributed by atoms with Crippen molar-refractivity contribution < 1.29 is 24.1 Å². The fraction of sp³-hybridized carbons (Fsp3) is 0.444. The number of esters is 1. The van der Waals surface area contributed by atoms with E-state index >= 15 is 0 Å². The number of hydrogen-bond acceptors (Lipinski definition) is 8. The monoisotopic (exact) mass is 523 g/mol. The molecule has 6 heterocycles. The summed E-state index contributed by atoms with van der Waals surface area (Å²) in [6.45, 7) is 4.87. The summed E-state index contributed by atoms with van der Waals surface area (Å²) < 4.78 is 21.8. The molecule has 0 saturated carbocycles. The number of carbonyl (C=O) groups is 1. The molecule has 0 spiro atoms. The minimum absolute atomic E-state index is 0.0177. The molecule has 0 bridgehead atoms. The van der Waals surface area contributed by atoms with Gasteiger partial charge in [0.2, 0.25) is 0 Å². The lowest BCUT2D eigenvalue weighted by molar-refractivity contribution is -0.172. The van der Waals surface area contributed by atoms with Gasteiger partial charge >= 0.3 is 5.97 Å². The van der Waals surface area contributed by atoms with Crippen molar-refractivity contribution in [1.82, 2.24) is 14.5 Å². The highest BCUT2D eigenvalue weighted by atomic mass is 32.2. The van der Waals surface area contributed by atoms with Crippen LogP contribution in [0, 0.1) is 12.7 Å².